The van der Waals surface area contributed by atoms with Crippen molar-refractivity contribution in [2.75, 3.05) is 26.2 Å². The molecule has 0 saturated carbocycles. The van der Waals surface area contributed by atoms with Crippen LogP contribution >= 0.6 is 0 Å². The van der Waals surface area contributed by atoms with E-state index in [0.717, 1.165) is 17.2 Å². The fourth-order valence-corrected chi connectivity index (χ4v) is 4.34. The fraction of sp³-hybridized carbons (Fsp3) is 0.214. The standard InChI is InChI=1S/C28H26FNO6/c1-15-9-10-17(11-16(15)2)25(31)23-24(18-12-21(34-3)27(36-5)22(13-18)35-4)30(28(33)26(23)32)20-8-6-7-19(29)14-20/h6-14,24,31H,1-5H3/b25-23+. The number of aryl methyl sites for hydroxylation is 2. The molecule has 0 radical (unpaired) electrons. The number of rotatable bonds is 6. The van der Waals surface area contributed by atoms with Crippen molar-refractivity contribution in [3.63, 3.8) is 0 Å². The highest BCUT2D eigenvalue weighted by Crippen LogP contribution is 2.47. The molecule has 1 aliphatic rings. The Hall–Kier alpha value is -4.33. The molecule has 186 valence electrons. The molecule has 36 heavy (non-hydrogen) atoms. The van der Waals surface area contributed by atoms with Crippen LogP contribution in [0.3, 0.4) is 0 Å². The normalized spacial score (nSPS) is 16.8. The van der Waals surface area contributed by atoms with Crippen LogP contribution in [0.25, 0.3) is 5.76 Å². The molecule has 7 nitrogen and oxygen atoms in total. The van der Waals surface area contributed by atoms with Gasteiger partial charge in [-0.2, -0.15) is 0 Å². The first-order valence-electron chi connectivity index (χ1n) is 11.2. The molecule has 0 bridgehead atoms. The Kier molecular flexibility index (Phi) is 6.70. The minimum absolute atomic E-state index is 0.137. The molecule has 8 heteroatoms. The Bertz CT molecular complexity index is 1370. The van der Waals surface area contributed by atoms with E-state index >= 15 is 0 Å². The SMILES string of the molecule is COc1cc(C2/C(=C(\O)c3ccc(C)c(C)c3)C(=O)C(=O)N2c2cccc(F)c2)cc(OC)c1OC. The first-order chi connectivity index (χ1) is 17.2. The minimum atomic E-state index is -1.10. The van der Waals surface area contributed by atoms with Crippen LogP contribution in [0, 0.1) is 19.7 Å². The maximum absolute atomic E-state index is 14.2. The Balaban J connectivity index is 2.03. The van der Waals surface area contributed by atoms with Gasteiger partial charge in [-0.1, -0.05) is 18.2 Å². The largest absolute Gasteiger partial charge is 0.507 e. The zero-order valence-corrected chi connectivity index (χ0v) is 20.6. The van der Waals surface area contributed by atoms with Gasteiger partial charge in [0, 0.05) is 11.3 Å². The van der Waals surface area contributed by atoms with E-state index in [4.69, 9.17) is 14.2 Å². The average Bonchev–Trinajstić information content (AvgIpc) is 3.14. The number of nitrogens with zero attached hydrogens (tertiary/aromatic N) is 1. The van der Waals surface area contributed by atoms with Gasteiger partial charge < -0.3 is 19.3 Å². The van der Waals surface area contributed by atoms with E-state index in [9.17, 15) is 19.1 Å². The molecular weight excluding hydrogens is 465 g/mol. The molecule has 1 unspecified atom stereocenters. The Morgan fingerprint density at radius 3 is 2.11 bits per heavy atom. The number of ketones is 1. The first-order valence-corrected chi connectivity index (χ1v) is 11.2. The smallest absolute Gasteiger partial charge is 0.300 e. The molecule has 3 aromatic carbocycles. The number of aliphatic hydroxyl groups excluding tert-OH is 1. The lowest BCUT2D eigenvalue weighted by atomic mass is 9.93. The van der Waals surface area contributed by atoms with Crippen molar-refractivity contribution in [2.45, 2.75) is 19.9 Å². The number of benzene rings is 3. The monoisotopic (exact) mass is 491 g/mol. The van der Waals surface area contributed by atoms with E-state index in [-0.39, 0.29) is 17.0 Å². The highest BCUT2D eigenvalue weighted by Gasteiger charge is 2.47. The molecule has 1 atom stereocenters. The van der Waals surface area contributed by atoms with Crippen LogP contribution in [0.2, 0.25) is 0 Å². The number of hydrogen-bond donors (Lipinski definition) is 1. The second-order valence-electron chi connectivity index (χ2n) is 8.41. The van der Waals surface area contributed by atoms with Gasteiger partial charge in [-0.15, -0.1) is 0 Å². The van der Waals surface area contributed by atoms with Crippen LogP contribution in [-0.2, 0) is 9.59 Å². The number of Topliss-reactive ketones (excluding diaryl/α,β-unsaturated/α-hetero) is 1. The maximum atomic E-state index is 14.2. The molecule has 0 aliphatic carbocycles. The third-order valence-electron chi connectivity index (χ3n) is 6.31. The van der Waals surface area contributed by atoms with Crippen molar-refractivity contribution in [3.8, 4) is 17.2 Å². The highest BCUT2D eigenvalue weighted by molar-refractivity contribution is 6.51. The number of methoxy groups -OCH3 is 3. The summed E-state index contributed by atoms with van der Waals surface area (Å²) in [4.78, 5) is 27.9. The molecule has 1 amide bonds. The summed E-state index contributed by atoms with van der Waals surface area (Å²) in [5.41, 5.74) is 2.72. The second kappa shape index (κ2) is 9.73. The molecule has 3 aromatic rings. The number of carbonyl (C=O) groups excluding carboxylic acids is 2. The van der Waals surface area contributed by atoms with Gasteiger partial charge in [0.25, 0.3) is 11.7 Å². The van der Waals surface area contributed by atoms with E-state index in [2.05, 4.69) is 0 Å². The van der Waals surface area contributed by atoms with Crippen LogP contribution in [0.1, 0.15) is 28.3 Å². The minimum Gasteiger partial charge on any atom is -0.507 e. The predicted octanol–water partition coefficient (Wildman–Crippen LogP) is 5.09. The van der Waals surface area contributed by atoms with E-state index in [0.29, 0.717) is 28.4 Å². The summed E-state index contributed by atoms with van der Waals surface area (Å²) in [6, 6.07) is 12.7. The van der Waals surface area contributed by atoms with Crippen LogP contribution < -0.4 is 19.1 Å². The van der Waals surface area contributed by atoms with Crippen molar-refractivity contribution >= 4 is 23.1 Å². The van der Waals surface area contributed by atoms with Gasteiger partial charge in [0.05, 0.1) is 32.9 Å². The summed E-state index contributed by atoms with van der Waals surface area (Å²) < 4.78 is 30.5. The first kappa shape index (κ1) is 24.8. The van der Waals surface area contributed by atoms with Crippen molar-refractivity contribution in [1.82, 2.24) is 0 Å². The number of carbonyl (C=O) groups is 2. The molecule has 0 spiro atoms. The summed E-state index contributed by atoms with van der Waals surface area (Å²) in [6.45, 7) is 3.81. The fourth-order valence-electron chi connectivity index (χ4n) is 4.34. The van der Waals surface area contributed by atoms with Crippen molar-refractivity contribution in [2.24, 2.45) is 0 Å². The van der Waals surface area contributed by atoms with E-state index in [1.54, 1.807) is 24.3 Å². The zero-order valence-electron chi connectivity index (χ0n) is 20.6. The van der Waals surface area contributed by atoms with E-state index in [1.807, 2.05) is 19.9 Å². The van der Waals surface area contributed by atoms with Gasteiger partial charge in [0.1, 0.15) is 11.6 Å². The Morgan fingerprint density at radius 2 is 1.56 bits per heavy atom. The maximum Gasteiger partial charge on any atom is 0.300 e. The number of amides is 1. The molecule has 1 saturated heterocycles. The number of hydrogen-bond acceptors (Lipinski definition) is 6. The molecule has 1 N–H and O–H groups in total. The third kappa shape index (κ3) is 4.15. The highest BCUT2D eigenvalue weighted by atomic mass is 19.1. The Labute approximate surface area is 208 Å². The third-order valence-corrected chi connectivity index (χ3v) is 6.31. The number of ether oxygens (including phenoxy) is 3. The number of halogens is 1. The summed E-state index contributed by atoms with van der Waals surface area (Å²) in [5, 5.41) is 11.3. The van der Waals surface area contributed by atoms with Gasteiger partial charge in [0.2, 0.25) is 5.75 Å². The van der Waals surface area contributed by atoms with Gasteiger partial charge in [-0.3, -0.25) is 14.5 Å². The Morgan fingerprint density at radius 1 is 0.889 bits per heavy atom. The summed E-state index contributed by atoms with van der Waals surface area (Å²) in [7, 11) is 4.35. The summed E-state index contributed by atoms with van der Waals surface area (Å²) in [5.74, 6) is -1.80. The lowest BCUT2D eigenvalue weighted by Gasteiger charge is -2.26. The molecule has 1 aliphatic heterocycles. The topological polar surface area (TPSA) is 85.3 Å². The van der Waals surface area contributed by atoms with Crippen LogP contribution in [0.4, 0.5) is 10.1 Å². The van der Waals surface area contributed by atoms with E-state index in [1.165, 1.54) is 44.4 Å². The van der Waals surface area contributed by atoms with Crippen LogP contribution in [0.15, 0.2) is 60.2 Å². The quantitative estimate of drug-likeness (QED) is 0.294. The van der Waals surface area contributed by atoms with Crippen LogP contribution in [-0.4, -0.2) is 38.1 Å². The van der Waals surface area contributed by atoms with Crippen molar-refractivity contribution in [1.29, 1.82) is 0 Å². The van der Waals surface area contributed by atoms with Gasteiger partial charge in [0.15, 0.2) is 11.5 Å². The number of anilines is 1. The molecular formula is C28H26FNO6. The van der Waals surface area contributed by atoms with Crippen LogP contribution in [0.5, 0.6) is 17.2 Å². The molecule has 1 heterocycles. The lowest BCUT2D eigenvalue weighted by molar-refractivity contribution is -0.132. The van der Waals surface area contributed by atoms with Crippen molar-refractivity contribution in [3.05, 3.63) is 88.2 Å². The van der Waals surface area contributed by atoms with Gasteiger partial charge in [-0.05, 0) is 66.9 Å². The summed E-state index contributed by atoms with van der Waals surface area (Å²) in [6.07, 6.45) is 0. The molecule has 0 aromatic heterocycles. The van der Waals surface area contributed by atoms with Gasteiger partial charge >= 0.3 is 0 Å². The summed E-state index contributed by atoms with van der Waals surface area (Å²) >= 11 is 0. The van der Waals surface area contributed by atoms with Crippen molar-refractivity contribution < 1.29 is 33.3 Å². The lowest BCUT2D eigenvalue weighted by Crippen LogP contribution is -2.29. The molecule has 1 fully saturated rings. The second-order valence-corrected chi connectivity index (χ2v) is 8.41. The average molecular weight is 492 g/mol. The molecule has 4 rings (SSSR count). The zero-order chi connectivity index (χ0) is 26.1. The number of aliphatic hydroxyl groups is 1. The van der Waals surface area contributed by atoms with Gasteiger partial charge in [-0.25, -0.2) is 4.39 Å². The van der Waals surface area contributed by atoms with E-state index < -0.39 is 23.5 Å². The predicted molar refractivity (Wildman–Crippen MR) is 133 cm³/mol.